The number of rotatable bonds is 43. The van der Waals surface area contributed by atoms with Crippen LogP contribution in [0.1, 0.15) is 245 Å². The molecule has 6 heteroatoms. The van der Waals surface area contributed by atoms with Crippen molar-refractivity contribution < 1.29 is 24.5 Å². The van der Waals surface area contributed by atoms with Crippen molar-refractivity contribution in [1.29, 1.82) is 0 Å². The molecule has 0 aromatic carbocycles. The van der Waals surface area contributed by atoms with Crippen LogP contribution in [-0.4, -0.2) is 46.9 Å². The van der Waals surface area contributed by atoms with Gasteiger partial charge in [0.05, 0.1) is 25.2 Å². The Hall–Kier alpha value is -1.92. The largest absolute Gasteiger partial charge is 0.462 e. The Balaban J connectivity index is 4.66. The van der Waals surface area contributed by atoms with E-state index in [2.05, 4.69) is 62.5 Å². The number of carbonyl (C=O) groups is 2. The summed E-state index contributed by atoms with van der Waals surface area (Å²) in [6.07, 6.45) is 50.6. The fourth-order valence-electron chi connectivity index (χ4n) is 7.26. The lowest BCUT2D eigenvalue weighted by atomic mass is 10.0. The lowest BCUT2D eigenvalue weighted by Crippen LogP contribution is -2.46. The number of nitrogens with one attached hydrogen (secondary N) is 1. The standard InChI is InChI=1S/C50H93NO5/c1-4-7-10-13-16-19-22-24-25-26-27-29-32-35-38-41-46(56-50(55)43-40-37-34-31-28-23-20-17-14-11-8-5-2)44-49(54)51-47(45-52)48(53)42-39-36-33-30-21-18-15-12-9-6-3/h16,19,24-25,27,29,46-48,52-53H,4-15,17-18,20-23,26,28,30-45H2,1-3H3,(H,51,54)/b19-16-,25-24-,29-27-. The van der Waals surface area contributed by atoms with Gasteiger partial charge in [0.15, 0.2) is 0 Å². The maximum Gasteiger partial charge on any atom is 0.306 e. The molecule has 0 aromatic heterocycles. The van der Waals surface area contributed by atoms with Crippen molar-refractivity contribution in [2.24, 2.45) is 0 Å². The normalized spacial score (nSPS) is 13.6. The van der Waals surface area contributed by atoms with E-state index in [-0.39, 0.29) is 24.9 Å². The van der Waals surface area contributed by atoms with Gasteiger partial charge in [0.2, 0.25) is 5.91 Å². The summed E-state index contributed by atoms with van der Waals surface area (Å²) in [5.74, 6) is -0.506. The van der Waals surface area contributed by atoms with Crippen LogP contribution < -0.4 is 5.32 Å². The molecule has 3 unspecified atom stereocenters. The van der Waals surface area contributed by atoms with E-state index < -0.39 is 18.2 Å². The number of aliphatic hydroxyl groups excluding tert-OH is 2. The molecule has 3 N–H and O–H groups in total. The molecule has 0 fully saturated rings. The van der Waals surface area contributed by atoms with Crippen LogP contribution in [-0.2, 0) is 14.3 Å². The summed E-state index contributed by atoms with van der Waals surface area (Å²) in [5.41, 5.74) is 0. The van der Waals surface area contributed by atoms with Crippen LogP contribution in [0.5, 0.6) is 0 Å². The highest BCUT2D eigenvalue weighted by Crippen LogP contribution is 2.17. The van der Waals surface area contributed by atoms with Crippen LogP contribution in [0.4, 0.5) is 0 Å². The summed E-state index contributed by atoms with van der Waals surface area (Å²) < 4.78 is 5.90. The van der Waals surface area contributed by atoms with Crippen LogP contribution in [0, 0.1) is 0 Å². The van der Waals surface area contributed by atoms with Crippen LogP contribution >= 0.6 is 0 Å². The van der Waals surface area contributed by atoms with Crippen molar-refractivity contribution in [1.82, 2.24) is 5.32 Å². The van der Waals surface area contributed by atoms with E-state index in [4.69, 9.17) is 4.74 Å². The number of ether oxygens (including phenoxy) is 1. The van der Waals surface area contributed by atoms with Gasteiger partial charge in [0.1, 0.15) is 6.10 Å². The van der Waals surface area contributed by atoms with Crippen molar-refractivity contribution in [3.05, 3.63) is 36.5 Å². The van der Waals surface area contributed by atoms with Gasteiger partial charge in [-0.05, 0) is 64.2 Å². The fraction of sp³-hybridized carbons (Fsp3) is 0.840. The van der Waals surface area contributed by atoms with Gasteiger partial charge in [0.25, 0.3) is 0 Å². The molecule has 328 valence electrons. The third-order valence-electron chi connectivity index (χ3n) is 11.0. The molecule has 0 heterocycles. The van der Waals surface area contributed by atoms with Gasteiger partial charge in [-0.1, -0.05) is 205 Å². The first-order chi connectivity index (χ1) is 27.5. The Morgan fingerprint density at radius 1 is 0.518 bits per heavy atom. The minimum Gasteiger partial charge on any atom is -0.462 e. The monoisotopic (exact) mass is 788 g/mol. The lowest BCUT2D eigenvalue weighted by Gasteiger charge is -2.24. The highest BCUT2D eigenvalue weighted by Gasteiger charge is 2.24. The van der Waals surface area contributed by atoms with E-state index in [1.54, 1.807) is 0 Å². The second-order valence-electron chi connectivity index (χ2n) is 16.5. The molecular weight excluding hydrogens is 695 g/mol. The predicted molar refractivity (Wildman–Crippen MR) is 241 cm³/mol. The number of hydrogen-bond acceptors (Lipinski definition) is 5. The van der Waals surface area contributed by atoms with Crippen LogP contribution in [0.2, 0.25) is 0 Å². The number of amides is 1. The maximum absolute atomic E-state index is 13.1. The molecule has 0 aliphatic heterocycles. The first-order valence-electron chi connectivity index (χ1n) is 24.2. The molecule has 1 amide bonds. The van der Waals surface area contributed by atoms with Crippen LogP contribution in [0.25, 0.3) is 0 Å². The van der Waals surface area contributed by atoms with Gasteiger partial charge in [0, 0.05) is 6.42 Å². The fourth-order valence-corrected chi connectivity index (χ4v) is 7.26. The highest BCUT2D eigenvalue weighted by atomic mass is 16.5. The molecule has 0 aromatic rings. The number of esters is 1. The zero-order valence-electron chi connectivity index (χ0n) is 37.3. The van der Waals surface area contributed by atoms with Crippen molar-refractivity contribution in [3.63, 3.8) is 0 Å². The van der Waals surface area contributed by atoms with E-state index >= 15 is 0 Å². The van der Waals surface area contributed by atoms with Crippen molar-refractivity contribution >= 4 is 11.9 Å². The second-order valence-corrected chi connectivity index (χ2v) is 16.5. The quantitative estimate of drug-likeness (QED) is 0.0325. The van der Waals surface area contributed by atoms with E-state index in [1.807, 2.05) is 0 Å². The van der Waals surface area contributed by atoms with Crippen molar-refractivity contribution in [2.75, 3.05) is 6.61 Å². The average molecular weight is 788 g/mol. The Bertz CT molecular complexity index is 930. The minimum absolute atomic E-state index is 0.0549. The van der Waals surface area contributed by atoms with E-state index in [0.29, 0.717) is 19.3 Å². The molecule has 6 nitrogen and oxygen atoms in total. The molecule has 0 saturated carbocycles. The molecule has 0 saturated heterocycles. The molecule has 0 radical (unpaired) electrons. The number of allylic oxidation sites excluding steroid dienone is 6. The Morgan fingerprint density at radius 3 is 1.39 bits per heavy atom. The number of hydrogen-bond donors (Lipinski definition) is 3. The van der Waals surface area contributed by atoms with Gasteiger partial charge in [-0.2, -0.15) is 0 Å². The molecule has 0 spiro atoms. The zero-order chi connectivity index (χ0) is 41.0. The SMILES string of the molecule is CCCCC/C=C\C/C=C\C/C=C\CCCCC(CC(=O)NC(CO)C(O)CCCCCCCCCCCC)OC(=O)CCCCCCCCCCCCCC. The first-order valence-corrected chi connectivity index (χ1v) is 24.2. The van der Waals surface area contributed by atoms with Gasteiger partial charge >= 0.3 is 5.97 Å². The van der Waals surface area contributed by atoms with Crippen LogP contribution in [0.3, 0.4) is 0 Å². The molecule has 0 bridgehead atoms. The highest BCUT2D eigenvalue weighted by molar-refractivity contribution is 5.77. The van der Waals surface area contributed by atoms with E-state index in [1.165, 1.54) is 128 Å². The molecule has 0 aliphatic carbocycles. The predicted octanol–water partition coefficient (Wildman–Crippen LogP) is 14.1. The lowest BCUT2D eigenvalue weighted by molar-refractivity contribution is -0.151. The molecule has 0 aliphatic rings. The van der Waals surface area contributed by atoms with Gasteiger partial charge in [-0.15, -0.1) is 0 Å². The Morgan fingerprint density at radius 2 is 0.911 bits per heavy atom. The van der Waals surface area contributed by atoms with E-state index in [9.17, 15) is 19.8 Å². The van der Waals surface area contributed by atoms with E-state index in [0.717, 1.165) is 70.6 Å². The summed E-state index contributed by atoms with van der Waals surface area (Å²) in [5, 5.41) is 23.6. The first kappa shape index (κ1) is 54.1. The topological polar surface area (TPSA) is 95.9 Å². The van der Waals surface area contributed by atoms with Gasteiger partial charge in [-0.25, -0.2) is 0 Å². The van der Waals surface area contributed by atoms with Crippen molar-refractivity contribution in [2.45, 2.75) is 264 Å². The van der Waals surface area contributed by atoms with Gasteiger partial charge in [-0.3, -0.25) is 9.59 Å². The summed E-state index contributed by atoms with van der Waals surface area (Å²) in [6, 6.07) is -0.709. The van der Waals surface area contributed by atoms with Gasteiger partial charge < -0.3 is 20.3 Å². The summed E-state index contributed by atoms with van der Waals surface area (Å²) in [4.78, 5) is 26.0. The zero-order valence-corrected chi connectivity index (χ0v) is 37.3. The number of aliphatic hydroxyl groups is 2. The summed E-state index contributed by atoms with van der Waals surface area (Å²) in [7, 11) is 0. The summed E-state index contributed by atoms with van der Waals surface area (Å²) in [6.45, 7) is 6.43. The second kappa shape index (κ2) is 44.2. The third kappa shape index (κ3) is 38.9. The number of carbonyl (C=O) groups excluding carboxylic acids is 2. The Labute approximate surface area is 347 Å². The average Bonchev–Trinajstić information content (AvgIpc) is 3.19. The third-order valence-corrected chi connectivity index (χ3v) is 11.0. The maximum atomic E-state index is 13.1. The molecule has 56 heavy (non-hydrogen) atoms. The minimum atomic E-state index is -0.793. The van der Waals surface area contributed by atoms with Crippen molar-refractivity contribution in [3.8, 4) is 0 Å². The molecule has 0 rings (SSSR count). The number of unbranched alkanes of at least 4 members (excludes halogenated alkanes) is 25. The molecule has 3 atom stereocenters. The molecular formula is C50H93NO5. The summed E-state index contributed by atoms with van der Waals surface area (Å²) >= 11 is 0. The Kier molecular flexibility index (Phi) is 42.7. The smallest absolute Gasteiger partial charge is 0.306 e. The van der Waals surface area contributed by atoms with Crippen LogP contribution in [0.15, 0.2) is 36.5 Å².